The highest BCUT2D eigenvalue weighted by molar-refractivity contribution is 6.03. The first kappa shape index (κ1) is 34.0. The van der Waals surface area contributed by atoms with Crippen molar-refractivity contribution in [3.8, 4) is 35.4 Å². The number of ether oxygens (including phenoxy) is 3. The van der Waals surface area contributed by atoms with Gasteiger partial charge in [-0.3, -0.25) is 9.88 Å². The highest BCUT2D eigenvalue weighted by atomic mass is 19.1. The van der Waals surface area contributed by atoms with Gasteiger partial charge in [-0.2, -0.15) is 9.97 Å². The number of halogens is 2. The summed E-state index contributed by atoms with van der Waals surface area (Å²) in [5.41, 5.74) is 0.0876. The van der Waals surface area contributed by atoms with Gasteiger partial charge in [-0.25, -0.2) is 8.78 Å². The minimum atomic E-state index is -0.722. The Morgan fingerprint density at radius 1 is 0.980 bits per heavy atom. The lowest BCUT2D eigenvalue weighted by Crippen LogP contribution is -2.52. The molecular weight excluding hydrogens is 652 g/mol. The molecule has 1 N–H and O–H groups in total. The van der Waals surface area contributed by atoms with E-state index in [0.29, 0.717) is 60.9 Å². The Morgan fingerprint density at radius 2 is 1.82 bits per heavy atom. The Hall–Kier alpha value is -4.11. The van der Waals surface area contributed by atoms with Crippen LogP contribution in [0.1, 0.15) is 63.4 Å². The average molecular weight is 698 g/mol. The number of hydrogen-bond donors (Lipinski definition) is 1. The van der Waals surface area contributed by atoms with Crippen molar-refractivity contribution < 1.29 is 28.1 Å². The lowest BCUT2D eigenvalue weighted by atomic mass is 9.75. The van der Waals surface area contributed by atoms with Crippen LogP contribution in [0.5, 0.6) is 11.8 Å². The van der Waals surface area contributed by atoms with Gasteiger partial charge in [-0.15, -0.1) is 6.42 Å². The minimum Gasteiger partial charge on any atom is -0.508 e. The predicted octanol–water partition coefficient (Wildman–Crippen LogP) is 6.87. The number of aromatic nitrogens is 3. The second-order valence-electron chi connectivity index (χ2n) is 14.7. The number of hydrogen-bond acceptors (Lipinski definition) is 9. The van der Waals surface area contributed by atoms with E-state index in [9.17, 15) is 9.50 Å². The number of terminal acetylenes is 1. The van der Waals surface area contributed by atoms with Crippen LogP contribution in [0.4, 0.5) is 14.6 Å². The van der Waals surface area contributed by atoms with E-state index >= 15 is 4.39 Å². The van der Waals surface area contributed by atoms with Crippen molar-refractivity contribution >= 4 is 27.5 Å². The molecule has 51 heavy (non-hydrogen) atoms. The van der Waals surface area contributed by atoms with Crippen LogP contribution in [0.2, 0.25) is 0 Å². The summed E-state index contributed by atoms with van der Waals surface area (Å²) in [6.45, 7) is 6.80. The van der Waals surface area contributed by atoms with Crippen molar-refractivity contribution in [1.29, 1.82) is 0 Å². The summed E-state index contributed by atoms with van der Waals surface area (Å²) in [5.74, 6) is 2.21. The zero-order valence-electron chi connectivity index (χ0n) is 29.0. The van der Waals surface area contributed by atoms with E-state index in [0.717, 1.165) is 83.6 Å². The van der Waals surface area contributed by atoms with E-state index in [1.54, 1.807) is 6.20 Å². The van der Waals surface area contributed by atoms with Crippen molar-refractivity contribution in [2.24, 2.45) is 11.3 Å². The third-order valence-corrected chi connectivity index (χ3v) is 11.7. The number of anilines is 1. The molecule has 0 spiro atoms. The van der Waals surface area contributed by atoms with Gasteiger partial charge in [0.05, 0.1) is 24.2 Å². The number of piperidine rings is 1. The average Bonchev–Trinajstić information content (AvgIpc) is 3.40. The molecule has 11 heteroatoms. The van der Waals surface area contributed by atoms with Crippen LogP contribution in [0, 0.1) is 35.3 Å². The van der Waals surface area contributed by atoms with Gasteiger partial charge in [0, 0.05) is 61.5 Å². The Bertz CT molecular complexity index is 1960. The highest BCUT2D eigenvalue weighted by Crippen LogP contribution is 2.48. The van der Waals surface area contributed by atoms with Gasteiger partial charge in [0.15, 0.2) is 5.82 Å². The molecule has 4 aliphatic rings. The largest absolute Gasteiger partial charge is 0.508 e. The summed E-state index contributed by atoms with van der Waals surface area (Å²) in [6.07, 6.45) is 17.1. The molecule has 4 fully saturated rings. The van der Waals surface area contributed by atoms with Crippen LogP contribution in [-0.4, -0.2) is 90.2 Å². The molecule has 3 aliphatic heterocycles. The third kappa shape index (κ3) is 6.58. The van der Waals surface area contributed by atoms with Crippen LogP contribution in [0.15, 0.2) is 30.5 Å². The van der Waals surface area contributed by atoms with Gasteiger partial charge in [-0.05, 0) is 94.0 Å². The maximum Gasteiger partial charge on any atom is 0.319 e. The Balaban J connectivity index is 1.16. The molecule has 0 bridgehead atoms. The number of likely N-dealkylation sites (tertiary alicyclic amines) is 1. The SMILES string of the molecule is C#Cc1c(F)ccc2cc(O)cc(-c3ncc4c(N5CCCOCC5)nc(OC[C@]56CCCC5N(CCC5CCOCC5)CCC6)nc4c3F)c12. The fourth-order valence-corrected chi connectivity index (χ4v) is 9.10. The lowest BCUT2D eigenvalue weighted by molar-refractivity contribution is -0.00679. The van der Waals surface area contributed by atoms with E-state index in [4.69, 9.17) is 30.6 Å². The van der Waals surface area contributed by atoms with E-state index in [2.05, 4.69) is 20.7 Å². The molecular formula is C40H45F2N5O4. The zero-order valence-corrected chi connectivity index (χ0v) is 29.0. The molecule has 1 unspecified atom stereocenters. The number of phenolic OH excluding ortho intramolecular Hbond substituents is 1. The molecule has 1 aliphatic carbocycles. The fraction of sp³-hybridized carbons (Fsp3) is 0.525. The van der Waals surface area contributed by atoms with E-state index < -0.39 is 11.6 Å². The zero-order chi connectivity index (χ0) is 35.0. The summed E-state index contributed by atoms with van der Waals surface area (Å²) in [7, 11) is 0. The van der Waals surface area contributed by atoms with Crippen LogP contribution < -0.4 is 9.64 Å². The van der Waals surface area contributed by atoms with Crippen LogP contribution in [0.3, 0.4) is 0 Å². The first-order valence-electron chi connectivity index (χ1n) is 18.5. The smallest absolute Gasteiger partial charge is 0.319 e. The second-order valence-corrected chi connectivity index (χ2v) is 14.7. The van der Waals surface area contributed by atoms with Crippen LogP contribution in [0.25, 0.3) is 32.9 Å². The van der Waals surface area contributed by atoms with Crippen LogP contribution in [-0.2, 0) is 9.47 Å². The molecule has 2 aromatic carbocycles. The third-order valence-electron chi connectivity index (χ3n) is 11.7. The molecule has 0 amide bonds. The van der Waals surface area contributed by atoms with Gasteiger partial charge in [-0.1, -0.05) is 18.4 Å². The number of aromatic hydroxyl groups is 1. The fourth-order valence-electron chi connectivity index (χ4n) is 9.10. The number of benzene rings is 2. The number of fused-ring (bicyclic) bond motifs is 3. The van der Waals surface area contributed by atoms with Crippen molar-refractivity contribution in [1.82, 2.24) is 19.9 Å². The normalized spacial score (nSPS) is 23.3. The second kappa shape index (κ2) is 14.5. The molecule has 0 radical (unpaired) electrons. The number of nitrogens with zero attached hydrogens (tertiary/aromatic N) is 5. The lowest BCUT2D eigenvalue weighted by Gasteiger charge is -2.46. The van der Waals surface area contributed by atoms with Crippen molar-refractivity contribution in [2.45, 2.75) is 63.8 Å². The van der Waals surface area contributed by atoms with Crippen LogP contribution >= 0.6 is 0 Å². The molecule has 4 aromatic rings. The maximum absolute atomic E-state index is 17.0. The molecule has 1 saturated carbocycles. The Kier molecular flexibility index (Phi) is 9.66. The van der Waals surface area contributed by atoms with E-state index in [-0.39, 0.29) is 39.5 Å². The first-order chi connectivity index (χ1) is 24.9. The minimum absolute atomic E-state index is 0.0129. The van der Waals surface area contributed by atoms with Gasteiger partial charge in [0.1, 0.15) is 28.6 Å². The van der Waals surface area contributed by atoms with Crippen molar-refractivity contribution in [3.05, 3.63) is 47.7 Å². The van der Waals surface area contributed by atoms with Crippen molar-refractivity contribution in [2.75, 3.05) is 64.1 Å². The summed E-state index contributed by atoms with van der Waals surface area (Å²) < 4.78 is 49.8. The molecule has 2 aromatic heterocycles. The van der Waals surface area contributed by atoms with Crippen molar-refractivity contribution in [3.63, 3.8) is 0 Å². The summed E-state index contributed by atoms with van der Waals surface area (Å²) in [5, 5.41) is 11.8. The molecule has 2 atom stereocenters. The predicted molar refractivity (Wildman–Crippen MR) is 192 cm³/mol. The maximum atomic E-state index is 17.0. The van der Waals surface area contributed by atoms with Gasteiger partial charge in [0.2, 0.25) is 0 Å². The first-order valence-corrected chi connectivity index (χ1v) is 18.5. The molecule has 5 heterocycles. The molecule has 3 saturated heterocycles. The number of pyridine rings is 1. The molecule has 8 rings (SSSR count). The quantitative estimate of drug-likeness (QED) is 0.198. The number of rotatable bonds is 8. The summed E-state index contributed by atoms with van der Waals surface area (Å²) in [6, 6.07) is 6.14. The Labute approximate surface area is 297 Å². The Morgan fingerprint density at radius 3 is 2.69 bits per heavy atom. The molecule has 9 nitrogen and oxygen atoms in total. The standard InChI is InChI=1S/C40H45F2N5O4/c1-2-29-32(41)8-7-27-22-28(48)23-30(34(27)29)36-35(42)37-31(24-43-36)38(47-15-5-18-49-21-17-47)45-39(44-37)51-25-40-12-3-6-33(40)46(14-4-13-40)16-9-26-10-19-50-20-11-26/h1,7-8,22-24,26,33,48H,3-6,9-21,25H2/t33?,40-/m1/s1. The monoisotopic (exact) mass is 697 g/mol. The van der Waals surface area contributed by atoms with E-state index in [1.165, 1.54) is 30.7 Å². The topological polar surface area (TPSA) is 93.1 Å². The van der Waals surface area contributed by atoms with Gasteiger partial charge in [0.25, 0.3) is 0 Å². The van der Waals surface area contributed by atoms with Gasteiger partial charge < -0.3 is 24.2 Å². The van der Waals surface area contributed by atoms with Gasteiger partial charge >= 0.3 is 6.01 Å². The molecule has 268 valence electrons. The highest BCUT2D eigenvalue weighted by Gasteiger charge is 2.48. The summed E-state index contributed by atoms with van der Waals surface area (Å²) in [4.78, 5) is 18.9. The van der Waals surface area contributed by atoms with E-state index in [1.807, 2.05) is 0 Å². The summed E-state index contributed by atoms with van der Waals surface area (Å²) >= 11 is 0. The number of phenols is 1.